The van der Waals surface area contributed by atoms with Crippen LogP contribution in [0.5, 0.6) is 40.2 Å². The van der Waals surface area contributed by atoms with Crippen molar-refractivity contribution in [3.05, 3.63) is 158 Å². The molecule has 120 heavy (non-hydrogen) atoms. The molecule has 2 unspecified atom stereocenters. The van der Waals surface area contributed by atoms with Crippen LogP contribution in [-0.4, -0.2) is 159 Å². The Labute approximate surface area is 759 Å². The topological polar surface area (TPSA) is 272 Å². The fraction of sp³-hybridized carbons (Fsp3) is 0.481. The fourth-order valence-electron chi connectivity index (χ4n) is 16.7. The van der Waals surface area contributed by atoms with E-state index < -0.39 is 7.12 Å². The molecule has 9 atom stereocenters. The lowest BCUT2D eigenvalue weighted by molar-refractivity contribution is 0.0267. The van der Waals surface area contributed by atoms with E-state index in [-0.39, 0.29) is 136 Å². The van der Waals surface area contributed by atoms with Gasteiger partial charge in [-0.1, -0.05) is 116 Å². The molecule has 6 N–H and O–H groups in total. The van der Waals surface area contributed by atoms with Gasteiger partial charge in [0.25, 0.3) is 0 Å². The Morgan fingerprint density at radius 3 is 1.00 bits per heavy atom. The lowest BCUT2D eigenvalue weighted by atomic mass is 9.76. The highest BCUT2D eigenvalue weighted by Gasteiger charge is 2.51. The molecule has 14 heterocycles. The zero-order chi connectivity index (χ0) is 83.2. The summed E-state index contributed by atoms with van der Waals surface area (Å²) in [6.45, 7) is 29.2. The average Bonchev–Trinajstić information content (AvgIpc) is 1.65. The number of nitrogens with two attached hydrogens (primary N) is 3. The highest BCUT2D eigenvalue weighted by atomic mass is 79.9. The summed E-state index contributed by atoms with van der Waals surface area (Å²) in [6, 6.07) is 27.2. The van der Waals surface area contributed by atoms with Gasteiger partial charge in [-0.15, -0.1) is 0 Å². The predicted octanol–water partition coefficient (Wildman–Crippen LogP) is 11.7. The molecule has 0 fully saturated rings. The van der Waals surface area contributed by atoms with Crippen LogP contribution >= 0.6 is 110 Å². The number of ether oxygens (including phenoxy) is 7. The van der Waals surface area contributed by atoms with Crippen LogP contribution in [0, 0.1) is 6.92 Å². The summed E-state index contributed by atoms with van der Waals surface area (Å²) in [5, 5.41) is 2.21. The summed E-state index contributed by atoms with van der Waals surface area (Å²) < 4.78 is 125. The molecular formula is C81H100B7Br3Cl3N3O21S2. The molecule has 0 spiro atoms. The van der Waals surface area contributed by atoms with Gasteiger partial charge in [-0.2, -0.15) is 27.0 Å². The third kappa shape index (κ3) is 19.4. The fourth-order valence-corrected chi connectivity index (χ4v) is 19.3. The minimum atomic E-state index is -0.390. The normalized spacial score (nSPS) is 23.9. The van der Waals surface area contributed by atoms with E-state index in [2.05, 4.69) is 82.4 Å². The first kappa shape index (κ1) is 93.6. The molecule has 0 amide bonds. The molecule has 0 saturated carbocycles. The van der Waals surface area contributed by atoms with Crippen LogP contribution < -0.4 is 88.6 Å². The van der Waals surface area contributed by atoms with Crippen molar-refractivity contribution in [1.82, 2.24) is 0 Å². The van der Waals surface area contributed by atoms with Gasteiger partial charge in [0.05, 0.1) is 86.0 Å². The van der Waals surface area contributed by atoms with E-state index in [1.165, 1.54) is 11.1 Å². The molecule has 0 aromatic heterocycles. The zero-order valence-corrected chi connectivity index (χ0v) is 77.9. The van der Waals surface area contributed by atoms with Gasteiger partial charge in [0, 0.05) is 103 Å². The van der Waals surface area contributed by atoms with E-state index in [1.807, 2.05) is 126 Å². The van der Waals surface area contributed by atoms with Crippen molar-refractivity contribution in [2.24, 2.45) is 17.2 Å². The first-order valence-electron chi connectivity index (χ1n) is 40.5. The molecule has 0 bridgehead atoms. The second-order valence-electron chi connectivity index (χ2n) is 31.5. The number of benzene rings is 7. The minimum absolute atomic E-state index is 0. The molecule has 0 radical (unpaired) electrons. The average molecular weight is 1940 g/mol. The highest BCUT2D eigenvalue weighted by Crippen LogP contribution is 2.45. The molecule has 0 aliphatic carbocycles. The van der Waals surface area contributed by atoms with Gasteiger partial charge in [0.1, 0.15) is 86.5 Å². The van der Waals surface area contributed by atoms with Crippen LogP contribution in [0.25, 0.3) is 0 Å². The molecule has 640 valence electrons. The van der Waals surface area contributed by atoms with E-state index in [9.17, 15) is 0 Å². The Bertz CT molecular complexity index is 4470. The Kier molecular flexibility index (Phi) is 31.6. The van der Waals surface area contributed by atoms with Gasteiger partial charge in [-0.3, -0.25) is 0 Å². The van der Waals surface area contributed by atoms with Crippen molar-refractivity contribution in [3.8, 4) is 40.2 Å². The van der Waals surface area contributed by atoms with Crippen LogP contribution in [0.15, 0.2) is 98.3 Å². The Balaban J connectivity index is 0.000000121. The first-order valence-corrected chi connectivity index (χ1v) is 44.0. The van der Waals surface area contributed by atoms with Crippen molar-refractivity contribution in [2.75, 3.05) is 85.7 Å². The maximum Gasteiger partial charge on any atom is 0.499 e. The summed E-state index contributed by atoms with van der Waals surface area (Å²) in [5.74, 6) is 5.97. The smallest absolute Gasteiger partial charge is 0.492 e. The molecule has 0 saturated heterocycles. The third-order valence-electron chi connectivity index (χ3n) is 22.2. The second-order valence-corrected chi connectivity index (χ2v) is 35.3. The number of aryl methyl sites for hydroxylation is 1. The number of rotatable bonds is 7. The number of hydrogen-bond acceptors (Lipinski definition) is 24. The van der Waals surface area contributed by atoms with E-state index in [0.717, 1.165) is 166 Å². The predicted molar refractivity (Wildman–Crippen MR) is 489 cm³/mol. The van der Waals surface area contributed by atoms with Crippen molar-refractivity contribution in [1.29, 1.82) is 0 Å². The molecule has 14 aliphatic rings. The van der Waals surface area contributed by atoms with Crippen LogP contribution in [0.1, 0.15) is 182 Å². The van der Waals surface area contributed by atoms with E-state index >= 15 is 0 Å². The monoisotopic (exact) mass is 1930 g/mol. The Morgan fingerprint density at radius 2 is 0.600 bits per heavy atom. The maximum atomic E-state index is 6.29. The molecule has 14 aliphatic heterocycles. The van der Waals surface area contributed by atoms with Crippen LogP contribution in [0.3, 0.4) is 0 Å². The highest BCUT2D eigenvalue weighted by molar-refractivity contribution is 9.11. The lowest BCUT2D eigenvalue weighted by Gasteiger charge is -2.25. The Morgan fingerprint density at radius 1 is 0.333 bits per heavy atom. The van der Waals surface area contributed by atoms with Gasteiger partial charge >= 0.3 is 49.8 Å². The van der Waals surface area contributed by atoms with Crippen molar-refractivity contribution in [3.63, 3.8) is 0 Å². The summed E-state index contributed by atoms with van der Waals surface area (Å²) in [7, 11) is -2.31. The summed E-state index contributed by atoms with van der Waals surface area (Å²) >= 11 is 29.4. The lowest BCUT2D eigenvalue weighted by Crippen LogP contribution is -2.40. The number of hydrogen-bond donors (Lipinski definition) is 3. The van der Waals surface area contributed by atoms with Gasteiger partial charge in [0.15, 0.2) is 0 Å². The molecule has 21 rings (SSSR count). The SMILES string of the molecule is CC1(C)COc2ccc(Br)c3c2B(O[C@@H]3CN)O1.CC1COc2ccc(Br)c3c2B(O1)O[C@@H]3CN.CC[C@H]1OB2OC(C)(C)COc3ccc(Cl)c1c32.CC[C@H]1OB2OC(C)COc3ccc(Cl)c1c32.CC[C@H]1OB2OCCOc3ccc(Br)c1c32.CC[C@H]1OB2OCCOc3ccc(Cl)c1c32.Cc1ccc2c3c1[C@@H](CN)OB3OCCO2.S.S. The maximum absolute atomic E-state index is 6.29. The summed E-state index contributed by atoms with van der Waals surface area (Å²) in [4.78, 5) is 0. The van der Waals surface area contributed by atoms with Crippen LogP contribution in [-0.2, 0) is 65.2 Å². The minimum Gasteiger partial charge on any atom is -0.492 e. The Hall–Kier alpha value is -4.08. The molecule has 39 heteroatoms. The van der Waals surface area contributed by atoms with Crippen LogP contribution in [0.2, 0.25) is 15.1 Å². The standard InChI is InChI=1S/C13H16BClO3.C12H15BBrNO3.C12H14BClO3.C11H13BBrNO3.C11H12BBrO3.C11H12BClO3.C11H14BNO3.2H2S/c1-4-9-11-8(15)5-6-10-12(11)14(17-9)18-13(2,3)7-16-10;1-12(2)6-16-8-4-3-7(14)10-9(5-15)17-13(18-12)11(8)10;1-3-9-11-8(14)4-5-10-12(11)13(17-9)16-7(2)6-15-10;1-6-5-15-8-3-2-7(13)10-9(4-14)17-12(16-6)11(8)10;2*1-2-8-10-7(13)3-4-9-11(10)12(16-8)15-6-5-14-9;1-7-2-3-8-11-10(7)9(6-13)16-12(11)15-5-4-14-8;;/h5-6,9H,4,7H2,1-3H3;3-4,9H,5-6,15H2,1-2H3;4-5,7,9H,3,6H2,1-2H3;2-3,6,9H,4-5,14H2,1H3;2*3-4,8H,2,5-6H2,1H3;2-3,9H,4-6,13H2,1H3;2*1H2/t2*9-;7?,9-;6?,9-;2*8-;9-;;/m1111111../s1. The quantitative estimate of drug-likeness (QED) is 0.125. The molecular weight excluding hydrogens is 1840 g/mol. The summed E-state index contributed by atoms with van der Waals surface area (Å²) in [5.41, 5.74) is 32.2. The van der Waals surface area contributed by atoms with Crippen molar-refractivity contribution in [2.45, 2.75) is 168 Å². The van der Waals surface area contributed by atoms with E-state index in [4.69, 9.17) is 150 Å². The van der Waals surface area contributed by atoms with Crippen LogP contribution in [0.4, 0.5) is 0 Å². The van der Waals surface area contributed by atoms with Crippen molar-refractivity contribution < 1.29 is 98.3 Å². The van der Waals surface area contributed by atoms with Gasteiger partial charge < -0.3 is 116 Å². The number of halogens is 6. The first-order chi connectivity index (χ1) is 56.9. The molecule has 7 aromatic rings. The van der Waals surface area contributed by atoms with E-state index in [1.54, 1.807) is 0 Å². The van der Waals surface area contributed by atoms with Gasteiger partial charge in [-0.25, -0.2) is 0 Å². The van der Waals surface area contributed by atoms with Crippen molar-refractivity contribution >= 4 is 198 Å². The van der Waals surface area contributed by atoms with Gasteiger partial charge in [0.2, 0.25) is 0 Å². The zero-order valence-electron chi connectivity index (χ0n) is 68.9. The second kappa shape index (κ2) is 40.5. The van der Waals surface area contributed by atoms with Gasteiger partial charge in [-0.05, 0) is 181 Å². The largest absolute Gasteiger partial charge is 0.499 e. The molecule has 7 aromatic carbocycles. The van der Waals surface area contributed by atoms with E-state index in [0.29, 0.717) is 85.7 Å². The summed E-state index contributed by atoms with van der Waals surface area (Å²) in [6.07, 6.45) is 3.41. The third-order valence-corrected chi connectivity index (χ3v) is 25.2. The molecule has 24 nitrogen and oxygen atoms in total.